The molecule has 0 radical (unpaired) electrons. The van der Waals surface area contributed by atoms with Crippen molar-refractivity contribution >= 4 is 0 Å². The van der Waals surface area contributed by atoms with Crippen LogP contribution in [0.25, 0.3) is 0 Å². The van der Waals surface area contributed by atoms with Crippen molar-refractivity contribution in [2.24, 2.45) is 0 Å². The highest BCUT2D eigenvalue weighted by Crippen LogP contribution is 2.13. The van der Waals surface area contributed by atoms with E-state index < -0.39 is 0 Å². The summed E-state index contributed by atoms with van der Waals surface area (Å²) in [6.45, 7) is 4.88. The lowest BCUT2D eigenvalue weighted by Gasteiger charge is -2.33. The molecule has 4 heteroatoms. The summed E-state index contributed by atoms with van der Waals surface area (Å²) < 4.78 is 0. The van der Waals surface area contributed by atoms with Gasteiger partial charge in [0.05, 0.1) is 12.0 Å². The Kier molecular flexibility index (Phi) is 4.71. The van der Waals surface area contributed by atoms with Gasteiger partial charge in [0.15, 0.2) is 0 Å². The summed E-state index contributed by atoms with van der Waals surface area (Å²) in [7, 11) is 2.14. The average molecular weight is 244 g/mol. The Morgan fingerprint density at radius 3 is 2.50 bits per heavy atom. The van der Waals surface area contributed by atoms with Crippen molar-refractivity contribution in [3.05, 3.63) is 35.9 Å². The number of benzene rings is 1. The highest BCUT2D eigenvalue weighted by molar-refractivity contribution is 5.24. The first-order valence-corrected chi connectivity index (χ1v) is 6.41. The van der Waals surface area contributed by atoms with E-state index in [0.29, 0.717) is 6.54 Å². The second kappa shape index (κ2) is 6.50. The van der Waals surface area contributed by atoms with Crippen LogP contribution in [0.1, 0.15) is 11.5 Å². The van der Waals surface area contributed by atoms with E-state index >= 15 is 0 Å². The van der Waals surface area contributed by atoms with Gasteiger partial charge in [-0.1, -0.05) is 30.3 Å². The Hall–Kier alpha value is -1.41. The standard InChI is InChI=1S/C14H20N4/c1-17-7-9-18(10-8-17)16-12-14(11-15)13-5-3-2-4-6-13/h2-6,14,16H,7-10,12H2,1H3. The predicted molar refractivity (Wildman–Crippen MR) is 71.9 cm³/mol. The van der Waals surface area contributed by atoms with Gasteiger partial charge < -0.3 is 4.90 Å². The van der Waals surface area contributed by atoms with Crippen LogP contribution in [0.15, 0.2) is 30.3 Å². The third-order valence-corrected chi connectivity index (χ3v) is 3.38. The number of nitrogens with zero attached hydrogens (tertiary/aromatic N) is 3. The van der Waals surface area contributed by atoms with Crippen LogP contribution >= 0.6 is 0 Å². The van der Waals surface area contributed by atoms with Crippen LogP contribution in [0.5, 0.6) is 0 Å². The molecular formula is C14H20N4. The maximum Gasteiger partial charge on any atom is 0.0851 e. The largest absolute Gasteiger partial charge is 0.304 e. The van der Waals surface area contributed by atoms with Crippen molar-refractivity contribution in [2.45, 2.75) is 5.92 Å². The van der Waals surface area contributed by atoms with Crippen LogP contribution in [0.4, 0.5) is 0 Å². The summed E-state index contributed by atoms with van der Waals surface area (Å²) in [5.74, 6) is -0.0779. The molecule has 0 bridgehead atoms. The first-order chi connectivity index (χ1) is 8.79. The molecule has 0 spiro atoms. The summed E-state index contributed by atoms with van der Waals surface area (Å²) in [4.78, 5) is 2.32. The summed E-state index contributed by atoms with van der Waals surface area (Å²) in [6, 6.07) is 12.3. The molecule has 1 aromatic rings. The van der Waals surface area contributed by atoms with Crippen molar-refractivity contribution in [1.82, 2.24) is 15.3 Å². The van der Waals surface area contributed by atoms with Crippen molar-refractivity contribution in [2.75, 3.05) is 39.8 Å². The van der Waals surface area contributed by atoms with E-state index in [0.717, 1.165) is 31.7 Å². The molecule has 1 aliphatic heterocycles. The lowest BCUT2D eigenvalue weighted by atomic mass is 10.0. The monoisotopic (exact) mass is 244 g/mol. The third-order valence-electron chi connectivity index (χ3n) is 3.38. The maximum absolute atomic E-state index is 9.23. The van der Waals surface area contributed by atoms with E-state index in [4.69, 9.17) is 0 Å². The van der Waals surface area contributed by atoms with Gasteiger partial charge in [0.25, 0.3) is 0 Å². The van der Waals surface area contributed by atoms with Gasteiger partial charge in [0, 0.05) is 32.7 Å². The molecule has 1 atom stereocenters. The summed E-state index contributed by atoms with van der Waals surface area (Å²) >= 11 is 0. The van der Waals surface area contributed by atoms with Gasteiger partial charge >= 0.3 is 0 Å². The molecule has 2 rings (SSSR count). The molecule has 0 saturated carbocycles. The molecule has 1 unspecified atom stereocenters. The number of hydrogen-bond donors (Lipinski definition) is 1. The fourth-order valence-electron chi connectivity index (χ4n) is 2.11. The molecule has 1 fully saturated rings. The molecule has 4 nitrogen and oxygen atoms in total. The Bertz CT molecular complexity index is 390. The number of hydrazine groups is 1. The average Bonchev–Trinajstić information content (AvgIpc) is 2.43. The smallest absolute Gasteiger partial charge is 0.0851 e. The van der Waals surface area contributed by atoms with Crippen molar-refractivity contribution < 1.29 is 0 Å². The molecule has 1 aliphatic rings. The second-order valence-electron chi connectivity index (χ2n) is 4.74. The van der Waals surface area contributed by atoms with Gasteiger partial charge in [-0.25, -0.2) is 5.01 Å². The van der Waals surface area contributed by atoms with Crippen LogP contribution in [0.2, 0.25) is 0 Å². The Morgan fingerprint density at radius 1 is 1.22 bits per heavy atom. The molecule has 1 heterocycles. The van der Waals surface area contributed by atoms with E-state index in [-0.39, 0.29) is 5.92 Å². The molecular weight excluding hydrogens is 224 g/mol. The van der Waals surface area contributed by atoms with E-state index in [2.05, 4.69) is 28.5 Å². The minimum atomic E-state index is -0.0779. The maximum atomic E-state index is 9.23. The lowest BCUT2D eigenvalue weighted by Crippen LogP contribution is -2.51. The highest BCUT2D eigenvalue weighted by Gasteiger charge is 2.16. The fourth-order valence-corrected chi connectivity index (χ4v) is 2.11. The number of hydrogen-bond acceptors (Lipinski definition) is 4. The van der Waals surface area contributed by atoms with Gasteiger partial charge in [-0.2, -0.15) is 5.26 Å². The van der Waals surface area contributed by atoms with Gasteiger partial charge in [0.2, 0.25) is 0 Å². The summed E-state index contributed by atoms with van der Waals surface area (Å²) in [5.41, 5.74) is 4.46. The molecule has 1 aromatic carbocycles. The lowest BCUT2D eigenvalue weighted by molar-refractivity contribution is 0.104. The van der Waals surface area contributed by atoms with Gasteiger partial charge in [0.1, 0.15) is 0 Å². The number of nitriles is 1. The fraction of sp³-hybridized carbons (Fsp3) is 0.500. The Morgan fingerprint density at radius 2 is 1.89 bits per heavy atom. The highest BCUT2D eigenvalue weighted by atomic mass is 15.5. The van der Waals surface area contributed by atoms with E-state index in [1.807, 2.05) is 30.3 Å². The normalized spacial score (nSPS) is 19.3. The van der Waals surface area contributed by atoms with Crippen LogP contribution in [0.3, 0.4) is 0 Å². The zero-order chi connectivity index (χ0) is 12.8. The molecule has 0 aromatic heterocycles. The molecule has 0 amide bonds. The van der Waals surface area contributed by atoms with Crippen molar-refractivity contribution in [1.29, 1.82) is 5.26 Å². The summed E-state index contributed by atoms with van der Waals surface area (Å²) in [6.07, 6.45) is 0. The molecule has 96 valence electrons. The van der Waals surface area contributed by atoms with Crippen LogP contribution < -0.4 is 5.43 Å². The molecule has 0 aliphatic carbocycles. The zero-order valence-corrected chi connectivity index (χ0v) is 10.8. The van der Waals surface area contributed by atoms with Gasteiger partial charge in [-0.05, 0) is 12.6 Å². The van der Waals surface area contributed by atoms with Crippen molar-refractivity contribution in [3.8, 4) is 6.07 Å². The van der Waals surface area contributed by atoms with E-state index in [1.54, 1.807) is 0 Å². The number of likely N-dealkylation sites (N-methyl/N-ethyl adjacent to an activating group) is 1. The first kappa shape index (κ1) is 13.0. The zero-order valence-electron chi connectivity index (χ0n) is 10.8. The third kappa shape index (κ3) is 3.54. The molecule has 1 N–H and O–H groups in total. The van der Waals surface area contributed by atoms with Gasteiger partial charge in [-0.15, -0.1) is 0 Å². The van der Waals surface area contributed by atoms with Crippen molar-refractivity contribution in [3.63, 3.8) is 0 Å². The SMILES string of the molecule is CN1CCN(NCC(C#N)c2ccccc2)CC1. The number of rotatable bonds is 4. The Labute approximate surface area is 109 Å². The van der Waals surface area contributed by atoms with Crippen LogP contribution in [0, 0.1) is 11.3 Å². The second-order valence-corrected chi connectivity index (χ2v) is 4.74. The quantitative estimate of drug-likeness (QED) is 0.859. The van der Waals surface area contributed by atoms with E-state index in [1.165, 1.54) is 0 Å². The number of piperazine rings is 1. The first-order valence-electron chi connectivity index (χ1n) is 6.41. The minimum absolute atomic E-state index is 0.0779. The van der Waals surface area contributed by atoms with E-state index in [9.17, 15) is 5.26 Å². The van der Waals surface area contributed by atoms with Crippen LogP contribution in [-0.2, 0) is 0 Å². The summed E-state index contributed by atoms with van der Waals surface area (Å²) in [5, 5.41) is 11.4. The topological polar surface area (TPSA) is 42.3 Å². The predicted octanol–water partition coefficient (Wildman–Crippen LogP) is 1.05. The Balaban J connectivity index is 1.83. The molecule has 1 saturated heterocycles. The van der Waals surface area contributed by atoms with Gasteiger partial charge in [-0.3, -0.25) is 5.43 Å². The molecule has 18 heavy (non-hydrogen) atoms. The minimum Gasteiger partial charge on any atom is -0.304 e. The number of nitrogens with one attached hydrogen (secondary N) is 1. The van der Waals surface area contributed by atoms with Crippen LogP contribution in [-0.4, -0.2) is 49.7 Å².